The van der Waals surface area contributed by atoms with Crippen molar-refractivity contribution in [3.63, 3.8) is 0 Å². The lowest BCUT2D eigenvalue weighted by molar-refractivity contribution is 0.302. The third kappa shape index (κ3) is 1.49. The van der Waals surface area contributed by atoms with Crippen molar-refractivity contribution in [2.24, 2.45) is 11.8 Å². The molecule has 3 unspecified atom stereocenters. The summed E-state index contributed by atoms with van der Waals surface area (Å²) in [4.78, 5) is 11.6. The van der Waals surface area contributed by atoms with Crippen LogP contribution in [-0.4, -0.2) is 26.7 Å². The average Bonchev–Trinajstić information content (AvgIpc) is 3.13. The van der Waals surface area contributed by atoms with Crippen LogP contribution in [0, 0.1) is 11.8 Å². The van der Waals surface area contributed by atoms with E-state index in [0.717, 1.165) is 12.5 Å². The Kier molecular flexibility index (Phi) is 2.23. The number of hydrogen-bond donors (Lipinski definition) is 2. The van der Waals surface area contributed by atoms with Crippen molar-refractivity contribution in [2.75, 3.05) is 6.54 Å². The molecule has 6 nitrogen and oxygen atoms in total. The number of H-pyrrole nitrogens is 1. The van der Waals surface area contributed by atoms with Gasteiger partial charge in [0.2, 0.25) is 11.7 Å². The van der Waals surface area contributed by atoms with Gasteiger partial charge < -0.3 is 14.8 Å². The van der Waals surface area contributed by atoms with Crippen LogP contribution in [0.4, 0.5) is 0 Å². The molecule has 94 valence electrons. The first-order valence-corrected chi connectivity index (χ1v) is 6.48. The van der Waals surface area contributed by atoms with Crippen LogP contribution in [0.15, 0.2) is 16.9 Å². The van der Waals surface area contributed by atoms with Crippen molar-refractivity contribution in [3.8, 4) is 11.6 Å². The molecule has 1 saturated heterocycles. The normalized spacial score (nSPS) is 30.8. The van der Waals surface area contributed by atoms with Gasteiger partial charge in [0.15, 0.2) is 5.82 Å². The Hall–Kier alpha value is -1.69. The van der Waals surface area contributed by atoms with Crippen molar-refractivity contribution in [1.29, 1.82) is 0 Å². The minimum absolute atomic E-state index is 0.230. The molecule has 0 spiro atoms. The fourth-order valence-corrected chi connectivity index (χ4v) is 3.30. The van der Waals surface area contributed by atoms with E-state index in [1.54, 1.807) is 12.4 Å². The summed E-state index contributed by atoms with van der Waals surface area (Å²) in [6.45, 7) is 1.08. The van der Waals surface area contributed by atoms with Gasteiger partial charge in [0.1, 0.15) is 0 Å². The standard InChI is InChI=1S/C12H15N5O/c1-2-7-6-15-9(8(7)3-1)12-16-11(17-18-12)10-13-4-5-14-10/h4-5,7-9,15H,1-3,6H2,(H,13,14). The van der Waals surface area contributed by atoms with E-state index in [9.17, 15) is 0 Å². The van der Waals surface area contributed by atoms with E-state index in [1.807, 2.05) is 0 Å². The van der Waals surface area contributed by atoms with Crippen molar-refractivity contribution < 1.29 is 4.52 Å². The molecule has 2 aliphatic rings. The number of aromatic amines is 1. The highest BCUT2D eigenvalue weighted by Crippen LogP contribution is 2.43. The maximum atomic E-state index is 5.40. The smallest absolute Gasteiger partial charge is 0.244 e. The van der Waals surface area contributed by atoms with E-state index in [1.165, 1.54) is 19.3 Å². The van der Waals surface area contributed by atoms with E-state index in [2.05, 4.69) is 25.4 Å². The average molecular weight is 245 g/mol. The SMILES string of the molecule is c1c[nH]c(-c2noc(C3NCC4CCCC43)n2)n1. The van der Waals surface area contributed by atoms with Gasteiger partial charge in [-0.15, -0.1) is 0 Å². The van der Waals surface area contributed by atoms with Gasteiger partial charge >= 0.3 is 0 Å². The number of fused-ring (bicyclic) bond motifs is 1. The van der Waals surface area contributed by atoms with Crippen molar-refractivity contribution in [1.82, 2.24) is 25.4 Å². The highest BCUT2D eigenvalue weighted by molar-refractivity contribution is 5.40. The number of imidazole rings is 1. The van der Waals surface area contributed by atoms with E-state index in [4.69, 9.17) is 4.52 Å². The third-order valence-electron chi connectivity index (χ3n) is 4.16. The second kappa shape index (κ2) is 3.91. The van der Waals surface area contributed by atoms with Crippen molar-refractivity contribution in [3.05, 3.63) is 18.3 Å². The molecule has 0 bridgehead atoms. The number of nitrogens with one attached hydrogen (secondary N) is 2. The quantitative estimate of drug-likeness (QED) is 0.838. The van der Waals surface area contributed by atoms with Crippen molar-refractivity contribution >= 4 is 0 Å². The van der Waals surface area contributed by atoms with Gasteiger partial charge in [-0.3, -0.25) is 0 Å². The van der Waals surface area contributed by atoms with Crippen LogP contribution in [0.25, 0.3) is 11.6 Å². The molecule has 2 aromatic rings. The van der Waals surface area contributed by atoms with Gasteiger partial charge in [0.05, 0.1) is 6.04 Å². The predicted octanol–water partition coefficient (Wildman–Crippen LogP) is 1.52. The summed E-state index contributed by atoms with van der Waals surface area (Å²) in [5.41, 5.74) is 0. The molecule has 1 saturated carbocycles. The van der Waals surface area contributed by atoms with Gasteiger partial charge in [-0.25, -0.2) is 4.98 Å². The van der Waals surface area contributed by atoms with Crippen LogP contribution in [0.5, 0.6) is 0 Å². The van der Waals surface area contributed by atoms with Crippen LogP contribution in [-0.2, 0) is 0 Å². The molecule has 1 aliphatic carbocycles. The highest BCUT2D eigenvalue weighted by Gasteiger charge is 2.42. The van der Waals surface area contributed by atoms with Crippen LogP contribution < -0.4 is 5.32 Å². The minimum Gasteiger partial charge on any atom is -0.342 e. The Morgan fingerprint density at radius 1 is 1.33 bits per heavy atom. The summed E-state index contributed by atoms with van der Waals surface area (Å²) in [7, 11) is 0. The third-order valence-corrected chi connectivity index (χ3v) is 4.16. The van der Waals surface area contributed by atoms with E-state index in [-0.39, 0.29) is 6.04 Å². The second-order valence-corrected chi connectivity index (χ2v) is 5.13. The Morgan fingerprint density at radius 2 is 2.33 bits per heavy atom. The molecule has 1 aliphatic heterocycles. The number of aromatic nitrogens is 4. The van der Waals surface area contributed by atoms with E-state index in [0.29, 0.717) is 23.5 Å². The molecule has 18 heavy (non-hydrogen) atoms. The van der Waals surface area contributed by atoms with Crippen LogP contribution in [0.1, 0.15) is 31.2 Å². The first-order chi connectivity index (χ1) is 8.92. The minimum atomic E-state index is 0.230. The summed E-state index contributed by atoms with van der Waals surface area (Å²) >= 11 is 0. The Bertz CT molecular complexity index is 534. The number of nitrogens with zero attached hydrogens (tertiary/aromatic N) is 3. The van der Waals surface area contributed by atoms with Crippen LogP contribution in [0.2, 0.25) is 0 Å². The summed E-state index contributed by atoms with van der Waals surface area (Å²) in [6, 6.07) is 0.230. The lowest BCUT2D eigenvalue weighted by atomic mass is 9.94. The zero-order chi connectivity index (χ0) is 11.9. The maximum absolute atomic E-state index is 5.40. The van der Waals surface area contributed by atoms with E-state index < -0.39 is 0 Å². The predicted molar refractivity (Wildman–Crippen MR) is 63.5 cm³/mol. The first-order valence-electron chi connectivity index (χ1n) is 6.48. The maximum Gasteiger partial charge on any atom is 0.244 e. The largest absolute Gasteiger partial charge is 0.342 e. The zero-order valence-electron chi connectivity index (χ0n) is 9.97. The lowest BCUT2D eigenvalue weighted by Crippen LogP contribution is -2.18. The fraction of sp³-hybridized carbons (Fsp3) is 0.583. The molecule has 2 aromatic heterocycles. The topological polar surface area (TPSA) is 79.6 Å². The molecular formula is C12H15N5O. The second-order valence-electron chi connectivity index (χ2n) is 5.13. The molecule has 6 heteroatoms. The summed E-state index contributed by atoms with van der Waals surface area (Å²) < 4.78 is 5.40. The van der Waals surface area contributed by atoms with Crippen LogP contribution in [0.3, 0.4) is 0 Å². The summed E-state index contributed by atoms with van der Waals surface area (Å²) in [5.74, 6) is 3.35. The summed E-state index contributed by atoms with van der Waals surface area (Å²) in [5, 5.41) is 7.50. The summed E-state index contributed by atoms with van der Waals surface area (Å²) in [6.07, 6.45) is 7.36. The molecular weight excluding hydrogens is 230 g/mol. The first kappa shape index (κ1) is 10.3. The Labute approximate surface area is 104 Å². The lowest BCUT2D eigenvalue weighted by Gasteiger charge is -2.13. The monoisotopic (exact) mass is 245 g/mol. The Morgan fingerprint density at radius 3 is 3.22 bits per heavy atom. The van der Waals surface area contributed by atoms with E-state index >= 15 is 0 Å². The van der Waals surface area contributed by atoms with Crippen LogP contribution >= 0.6 is 0 Å². The highest BCUT2D eigenvalue weighted by atomic mass is 16.5. The number of rotatable bonds is 2. The molecule has 0 aromatic carbocycles. The molecule has 3 heterocycles. The number of hydrogen-bond acceptors (Lipinski definition) is 5. The van der Waals surface area contributed by atoms with Gasteiger partial charge in [-0.2, -0.15) is 4.98 Å². The van der Waals surface area contributed by atoms with Gasteiger partial charge in [0, 0.05) is 12.4 Å². The molecule has 0 amide bonds. The van der Waals surface area contributed by atoms with Gasteiger partial charge in [0.25, 0.3) is 0 Å². The van der Waals surface area contributed by atoms with Gasteiger partial charge in [-0.1, -0.05) is 11.6 Å². The Balaban J connectivity index is 1.62. The molecule has 0 radical (unpaired) electrons. The molecule has 2 fully saturated rings. The van der Waals surface area contributed by atoms with Crippen molar-refractivity contribution in [2.45, 2.75) is 25.3 Å². The fourth-order valence-electron chi connectivity index (χ4n) is 3.30. The molecule has 2 N–H and O–H groups in total. The zero-order valence-corrected chi connectivity index (χ0v) is 9.97. The molecule has 3 atom stereocenters. The van der Waals surface area contributed by atoms with Gasteiger partial charge in [-0.05, 0) is 31.2 Å². The molecule has 4 rings (SSSR count).